The molecule has 0 aromatic rings. The maximum Gasteiger partial charge on any atom is 0.0357 e. The average molecular weight is 214 g/mol. The molecule has 0 spiro atoms. The second-order valence-corrected chi connectivity index (χ2v) is 6.36. The van der Waals surface area contributed by atoms with E-state index < -0.39 is 0 Å². The summed E-state index contributed by atoms with van der Waals surface area (Å²) < 4.78 is 0. The van der Waals surface area contributed by atoms with E-state index in [2.05, 4.69) is 30.5 Å². The van der Waals surface area contributed by atoms with E-state index in [0.29, 0.717) is 5.41 Å². The van der Waals surface area contributed by atoms with Crippen LogP contribution in [0.25, 0.3) is 0 Å². The van der Waals surface area contributed by atoms with Crippen LogP contribution in [0, 0.1) is 5.41 Å². The first-order chi connectivity index (χ1) is 6.62. The van der Waals surface area contributed by atoms with Crippen molar-refractivity contribution in [3.63, 3.8) is 0 Å². The molecule has 1 saturated carbocycles. The van der Waals surface area contributed by atoms with Crippen LogP contribution >= 0.6 is 11.8 Å². The number of rotatable bonds is 3. The van der Waals surface area contributed by atoms with Crippen LogP contribution in [0.5, 0.6) is 0 Å². The third kappa shape index (κ3) is 1.59. The van der Waals surface area contributed by atoms with Gasteiger partial charge in [0.2, 0.25) is 0 Å². The minimum Gasteiger partial charge on any atom is -0.329 e. The van der Waals surface area contributed by atoms with Crippen molar-refractivity contribution >= 4 is 11.8 Å². The molecule has 0 aromatic carbocycles. The summed E-state index contributed by atoms with van der Waals surface area (Å²) in [5, 5.41) is 0. The lowest BCUT2D eigenvalue weighted by Crippen LogP contribution is -2.59. The summed E-state index contributed by atoms with van der Waals surface area (Å²) in [7, 11) is 0. The Kier molecular flexibility index (Phi) is 2.84. The highest BCUT2D eigenvalue weighted by Crippen LogP contribution is 2.55. The van der Waals surface area contributed by atoms with Crippen LogP contribution in [0.1, 0.15) is 26.7 Å². The number of nitrogens with zero attached hydrogens (tertiary/aromatic N) is 1. The van der Waals surface area contributed by atoms with Gasteiger partial charge in [-0.15, -0.1) is 0 Å². The summed E-state index contributed by atoms with van der Waals surface area (Å²) in [6, 6.07) is 0. The van der Waals surface area contributed by atoms with E-state index in [1.54, 1.807) is 0 Å². The number of thioether (sulfide) groups is 1. The average Bonchev–Trinajstić information content (AvgIpc) is 2.98. The van der Waals surface area contributed by atoms with E-state index in [1.165, 1.54) is 37.4 Å². The summed E-state index contributed by atoms with van der Waals surface area (Å²) in [5.41, 5.74) is 6.78. The largest absolute Gasteiger partial charge is 0.329 e. The molecule has 2 nitrogen and oxygen atoms in total. The van der Waals surface area contributed by atoms with E-state index in [9.17, 15) is 0 Å². The van der Waals surface area contributed by atoms with Gasteiger partial charge in [-0.25, -0.2) is 0 Å². The summed E-state index contributed by atoms with van der Waals surface area (Å²) >= 11 is 2.07. The monoisotopic (exact) mass is 214 g/mol. The third-order valence-electron chi connectivity index (χ3n) is 4.41. The van der Waals surface area contributed by atoms with Crippen LogP contribution < -0.4 is 5.73 Å². The SMILES string of the molecule is CC1(C(C)(CN)N2CCSCC2)CC1. The fourth-order valence-electron chi connectivity index (χ4n) is 2.54. The molecule has 1 aliphatic heterocycles. The molecule has 0 amide bonds. The maximum absolute atomic E-state index is 6.02. The van der Waals surface area contributed by atoms with E-state index in [-0.39, 0.29) is 5.54 Å². The molecule has 1 atom stereocenters. The van der Waals surface area contributed by atoms with E-state index in [0.717, 1.165) is 6.54 Å². The van der Waals surface area contributed by atoms with E-state index in [1.807, 2.05) is 0 Å². The van der Waals surface area contributed by atoms with Crippen molar-refractivity contribution in [3.8, 4) is 0 Å². The summed E-state index contributed by atoms with van der Waals surface area (Å²) in [6.07, 6.45) is 2.73. The Balaban J connectivity index is 2.10. The van der Waals surface area contributed by atoms with Gasteiger partial charge in [0.05, 0.1) is 0 Å². The number of nitrogens with two attached hydrogens (primary N) is 1. The molecule has 0 aromatic heterocycles. The fourth-order valence-corrected chi connectivity index (χ4v) is 3.44. The maximum atomic E-state index is 6.02. The second kappa shape index (κ2) is 3.69. The molecule has 1 heterocycles. The lowest BCUT2D eigenvalue weighted by Gasteiger charge is -2.47. The first-order valence-electron chi connectivity index (χ1n) is 5.65. The zero-order chi connectivity index (χ0) is 10.2. The predicted octanol–water partition coefficient (Wildman–Crippen LogP) is 1.55. The third-order valence-corrected chi connectivity index (χ3v) is 5.35. The van der Waals surface area contributed by atoms with Crippen molar-refractivity contribution in [2.45, 2.75) is 32.2 Å². The van der Waals surface area contributed by atoms with Crippen LogP contribution in [0.2, 0.25) is 0 Å². The zero-order valence-corrected chi connectivity index (χ0v) is 10.2. The Bertz CT molecular complexity index is 209. The minimum atomic E-state index is 0.258. The zero-order valence-electron chi connectivity index (χ0n) is 9.38. The topological polar surface area (TPSA) is 29.3 Å². The molecule has 1 saturated heterocycles. The summed E-state index contributed by atoms with van der Waals surface area (Å²) in [5.74, 6) is 2.57. The normalized spacial score (nSPS) is 31.1. The molecule has 2 aliphatic rings. The van der Waals surface area contributed by atoms with Gasteiger partial charge in [-0.05, 0) is 25.2 Å². The minimum absolute atomic E-state index is 0.258. The van der Waals surface area contributed by atoms with Gasteiger partial charge in [0.15, 0.2) is 0 Å². The van der Waals surface area contributed by atoms with Crippen molar-refractivity contribution in [2.75, 3.05) is 31.1 Å². The molecule has 3 heteroatoms. The quantitative estimate of drug-likeness (QED) is 0.773. The molecule has 0 radical (unpaired) electrons. The highest BCUT2D eigenvalue weighted by atomic mass is 32.2. The van der Waals surface area contributed by atoms with Gasteiger partial charge in [0, 0.05) is 36.7 Å². The van der Waals surface area contributed by atoms with Gasteiger partial charge in [0.25, 0.3) is 0 Å². The highest BCUT2D eigenvalue weighted by Gasteiger charge is 2.54. The molecular weight excluding hydrogens is 192 g/mol. The van der Waals surface area contributed by atoms with Crippen molar-refractivity contribution in [2.24, 2.45) is 11.1 Å². The van der Waals surface area contributed by atoms with Crippen molar-refractivity contribution in [3.05, 3.63) is 0 Å². The summed E-state index contributed by atoms with van der Waals surface area (Å²) in [6.45, 7) is 8.05. The van der Waals surface area contributed by atoms with Crippen LogP contribution in [0.3, 0.4) is 0 Å². The van der Waals surface area contributed by atoms with Crippen molar-refractivity contribution in [1.82, 2.24) is 4.90 Å². The van der Waals surface area contributed by atoms with Crippen LogP contribution in [0.4, 0.5) is 0 Å². The molecule has 2 N–H and O–H groups in total. The molecule has 2 fully saturated rings. The first kappa shape index (κ1) is 10.8. The molecule has 0 bridgehead atoms. The Morgan fingerprint density at radius 1 is 1.36 bits per heavy atom. The lowest BCUT2D eigenvalue weighted by atomic mass is 9.82. The molecule has 14 heavy (non-hydrogen) atoms. The van der Waals surface area contributed by atoms with E-state index >= 15 is 0 Å². The smallest absolute Gasteiger partial charge is 0.0357 e. The van der Waals surface area contributed by atoms with Crippen molar-refractivity contribution < 1.29 is 0 Å². The first-order valence-corrected chi connectivity index (χ1v) is 6.81. The Hall–Kier alpha value is 0.270. The Morgan fingerprint density at radius 3 is 2.36 bits per heavy atom. The van der Waals surface area contributed by atoms with Gasteiger partial charge in [-0.3, -0.25) is 4.90 Å². The van der Waals surface area contributed by atoms with Gasteiger partial charge in [0.1, 0.15) is 0 Å². The number of hydrogen-bond donors (Lipinski definition) is 1. The highest BCUT2D eigenvalue weighted by molar-refractivity contribution is 7.99. The van der Waals surface area contributed by atoms with E-state index in [4.69, 9.17) is 5.73 Å². The molecule has 82 valence electrons. The van der Waals surface area contributed by atoms with Gasteiger partial charge in [-0.1, -0.05) is 6.92 Å². The molecule has 2 rings (SSSR count). The van der Waals surface area contributed by atoms with Crippen LogP contribution in [-0.2, 0) is 0 Å². The van der Waals surface area contributed by atoms with Gasteiger partial charge < -0.3 is 5.73 Å². The van der Waals surface area contributed by atoms with Gasteiger partial charge in [-0.2, -0.15) is 11.8 Å². The second-order valence-electron chi connectivity index (χ2n) is 5.14. The van der Waals surface area contributed by atoms with Crippen molar-refractivity contribution in [1.29, 1.82) is 0 Å². The Morgan fingerprint density at radius 2 is 1.93 bits per heavy atom. The number of hydrogen-bond acceptors (Lipinski definition) is 3. The Labute approximate surface area is 91.6 Å². The fraction of sp³-hybridized carbons (Fsp3) is 1.00. The van der Waals surface area contributed by atoms with Crippen LogP contribution in [-0.4, -0.2) is 41.6 Å². The lowest BCUT2D eigenvalue weighted by molar-refractivity contribution is 0.0571. The summed E-state index contributed by atoms with van der Waals surface area (Å²) in [4.78, 5) is 2.64. The standard InChI is InChI=1S/C11H22N2S/c1-10(3-4-10)11(2,9-12)13-5-7-14-8-6-13/h3-9,12H2,1-2H3. The molecule has 1 aliphatic carbocycles. The van der Waals surface area contributed by atoms with Gasteiger partial charge >= 0.3 is 0 Å². The van der Waals surface area contributed by atoms with Crippen LogP contribution in [0.15, 0.2) is 0 Å². The molecular formula is C11H22N2S. The predicted molar refractivity (Wildman–Crippen MR) is 63.7 cm³/mol. The molecule has 1 unspecified atom stereocenters.